The highest BCUT2D eigenvalue weighted by molar-refractivity contribution is 6.30. The minimum Gasteiger partial charge on any atom is -0.491 e. The largest absolute Gasteiger partial charge is 0.491 e. The molecule has 0 spiro atoms. The Morgan fingerprint density at radius 2 is 1.87 bits per heavy atom. The van der Waals surface area contributed by atoms with Gasteiger partial charge in [0.15, 0.2) is 0 Å². The topological polar surface area (TPSA) is 56.1 Å². The monoisotopic (exact) mass is 433 g/mol. The Morgan fingerprint density at radius 3 is 2.71 bits per heavy atom. The van der Waals surface area contributed by atoms with Crippen molar-refractivity contribution in [2.45, 2.75) is 19.9 Å². The van der Waals surface area contributed by atoms with E-state index in [4.69, 9.17) is 21.3 Å². The van der Waals surface area contributed by atoms with Crippen LogP contribution in [-0.4, -0.2) is 28.6 Å². The molecule has 0 unspecified atom stereocenters. The van der Waals surface area contributed by atoms with Crippen molar-refractivity contribution in [3.63, 3.8) is 0 Å². The zero-order valence-corrected chi connectivity index (χ0v) is 18.1. The molecule has 0 saturated heterocycles. The van der Waals surface area contributed by atoms with Gasteiger partial charge in [0.05, 0.1) is 17.6 Å². The van der Waals surface area contributed by atoms with E-state index in [2.05, 4.69) is 16.0 Å². The van der Waals surface area contributed by atoms with Crippen molar-refractivity contribution >= 4 is 28.5 Å². The average Bonchev–Trinajstić information content (AvgIpc) is 3.12. The molecule has 31 heavy (non-hydrogen) atoms. The molecule has 1 amide bonds. The number of aromatic nitrogens is 2. The number of hydrogen-bond acceptors (Lipinski definition) is 3. The Bertz CT molecular complexity index is 1200. The predicted molar refractivity (Wildman–Crippen MR) is 124 cm³/mol. The van der Waals surface area contributed by atoms with E-state index in [1.807, 2.05) is 49.4 Å². The molecule has 6 heteroatoms. The summed E-state index contributed by atoms with van der Waals surface area (Å²) in [6, 6.07) is 23.0. The maximum absolute atomic E-state index is 12.4. The quantitative estimate of drug-likeness (QED) is 0.423. The van der Waals surface area contributed by atoms with Gasteiger partial charge in [-0.25, -0.2) is 4.98 Å². The summed E-state index contributed by atoms with van der Waals surface area (Å²) < 4.78 is 8.16. The summed E-state index contributed by atoms with van der Waals surface area (Å²) in [6.07, 6.45) is 0.616. The number of aryl methyl sites for hydroxylation is 1. The van der Waals surface area contributed by atoms with Crippen molar-refractivity contribution in [3.05, 3.63) is 94.8 Å². The molecule has 3 aromatic carbocycles. The molecule has 0 saturated carbocycles. The molecule has 0 aliphatic heterocycles. The molecule has 1 N–H and O–H groups in total. The summed E-state index contributed by atoms with van der Waals surface area (Å²) in [5.74, 6) is 1.66. The molecule has 5 nitrogen and oxygen atoms in total. The van der Waals surface area contributed by atoms with Gasteiger partial charge in [0.25, 0.3) is 5.91 Å². The number of carbonyl (C=O) groups excluding carboxylic acids is 1. The number of carbonyl (C=O) groups is 1. The molecular weight excluding hydrogens is 410 g/mol. The lowest BCUT2D eigenvalue weighted by molar-refractivity contribution is 0.0954. The van der Waals surface area contributed by atoms with Gasteiger partial charge in [0, 0.05) is 23.6 Å². The van der Waals surface area contributed by atoms with Crippen molar-refractivity contribution in [3.8, 4) is 5.75 Å². The van der Waals surface area contributed by atoms with E-state index in [1.165, 1.54) is 0 Å². The lowest BCUT2D eigenvalue weighted by atomic mass is 10.2. The Labute approximate surface area is 186 Å². The predicted octanol–water partition coefficient (Wildman–Crippen LogP) is 5.05. The SMILES string of the molecule is Cc1ccccc1OCCn1c(CCNC(=O)c2cccc(Cl)c2)nc2ccccc21. The molecule has 4 rings (SSSR count). The van der Waals surface area contributed by atoms with Crippen molar-refractivity contribution < 1.29 is 9.53 Å². The number of rotatable bonds is 8. The number of benzene rings is 3. The number of nitrogens with zero attached hydrogens (tertiary/aromatic N) is 2. The summed E-state index contributed by atoms with van der Waals surface area (Å²) in [5, 5.41) is 3.50. The first kappa shape index (κ1) is 20.9. The fraction of sp³-hybridized carbons (Fsp3) is 0.200. The maximum atomic E-state index is 12.4. The molecule has 4 aromatic rings. The minimum absolute atomic E-state index is 0.145. The van der Waals surface area contributed by atoms with Crippen LogP contribution in [0, 0.1) is 6.92 Å². The van der Waals surface area contributed by atoms with Crippen LogP contribution in [0.5, 0.6) is 5.75 Å². The van der Waals surface area contributed by atoms with Gasteiger partial charge in [-0.1, -0.05) is 48.0 Å². The first-order valence-corrected chi connectivity index (χ1v) is 10.7. The second-order valence-corrected chi connectivity index (χ2v) is 7.74. The van der Waals surface area contributed by atoms with Gasteiger partial charge in [-0.15, -0.1) is 0 Å². The van der Waals surface area contributed by atoms with Crippen LogP contribution in [0.2, 0.25) is 5.02 Å². The van der Waals surface area contributed by atoms with Crippen LogP contribution in [0.25, 0.3) is 11.0 Å². The molecule has 0 aliphatic rings. The number of hydrogen-bond donors (Lipinski definition) is 1. The Morgan fingerprint density at radius 1 is 1.06 bits per heavy atom. The summed E-state index contributed by atoms with van der Waals surface area (Å²) in [6.45, 7) is 3.72. The number of para-hydroxylation sites is 3. The maximum Gasteiger partial charge on any atom is 0.251 e. The zero-order chi connectivity index (χ0) is 21.6. The Hall–Kier alpha value is -3.31. The third kappa shape index (κ3) is 5.06. The van der Waals surface area contributed by atoms with Gasteiger partial charge in [-0.05, 0) is 48.9 Å². The lowest BCUT2D eigenvalue weighted by Gasteiger charge is -2.12. The first-order chi connectivity index (χ1) is 15.1. The lowest BCUT2D eigenvalue weighted by Crippen LogP contribution is -2.26. The number of amides is 1. The second kappa shape index (κ2) is 9.67. The van der Waals surface area contributed by atoms with E-state index >= 15 is 0 Å². The van der Waals surface area contributed by atoms with Gasteiger partial charge in [-0.2, -0.15) is 0 Å². The highest BCUT2D eigenvalue weighted by atomic mass is 35.5. The van der Waals surface area contributed by atoms with Crippen molar-refractivity contribution in [2.75, 3.05) is 13.2 Å². The molecule has 0 fully saturated rings. The van der Waals surface area contributed by atoms with Crippen LogP contribution in [0.3, 0.4) is 0 Å². The fourth-order valence-electron chi connectivity index (χ4n) is 3.55. The van der Waals surface area contributed by atoms with Gasteiger partial charge in [-0.3, -0.25) is 4.79 Å². The van der Waals surface area contributed by atoms with Gasteiger partial charge < -0.3 is 14.6 Å². The summed E-state index contributed by atoms with van der Waals surface area (Å²) >= 11 is 5.98. The summed E-state index contributed by atoms with van der Waals surface area (Å²) in [7, 11) is 0. The fourth-order valence-corrected chi connectivity index (χ4v) is 3.74. The minimum atomic E-state index is -0.145. The summed E-state index contributed by atoms with van der Waals surface area (Å²) in [4.78, 5) is 17.2. The van der Waals surface area contributed by atoms with Gasteiger partial charge in [0.1, 0.15) is 18.2 Å². The highest BCUT2D eigenvalue weighted by Crippen LogP contribution is 2.19. The molecule has 1 heterocycles. The van der Waals surface area contributed by atoms with Crippen LogP contribution in [0.15, 0.2) is 72.8 Å². The number of ether oxygens (including phenoxy) is 1. The molecular formula is C25H24ClN3O2. The van der Waals surface area contributed by atoms with Crippen molar-refractivity contribution in [1.82, 2.24) is 14.9 Å². The van der Waals surface area contributed by atoms with E-state index in [-0.39, 0.29) is 5.91 Å². The Kier molecular flexibility index (Phi) is 6.53. The summed E-state index contributed by atoms with van der Waals surface area (Å²) in [5.41, 5.74) is 3.66. The van der Waals surface area contributed by atoms with E-state index in [0.29, 0.717) is 36.7 Å². The van der Waals surface area contributed by atoms with Crippen LogP contribution < -0.4 is 10.1 Å². The number of imidazole rings is 1. The number of halogens is 1. The molecule has 1 aromatic heterocycles. The first-order valence-electron chi connectivity index (χ1n) is 10.3. The van der Waals surface area contributed by atoms with Gasteiger partial charge >= 0.3 is 0 Å². The molecule has 0 radical (unpaired) electrons. The van der Waals surface area contributed by atoms with E-state index in [9.17, 15) is 4.79 Å². The van der Waals surface area contributed by atoms with Crippen LogP contribution in [-0.2, 0) is 13.0 Å². The average molecular weight is 434 g/mol. The van der Waals surface area contributed by atoms with Crippen LogP contribution in [0.1, 0.15) is 21.7 Å². The van der Waals surface area contributed by atoms with E-state index in [1.54, 1.807) is 24.3 Å². The standard InChI is InChI=1S/C25H24ClN3O2/c1-18-7-2-5-12-23(18)31-16-15-29-22-11-4-3-10-21(22)28-24(29)13-14-27-25(30)19-8-6-9-20(26)17-19/h2-12,17H,13-16H2,1H3,(H,27,30). The molecule has 158 valence electrons. The van der Waals surface area contributed by atoms with Crippen LogP contribution in [0.4, 0.5) is 0 Å². The van der Waals surface area contributed by atoms with Crippen molar-refractivity contribution in [2.24, 2.45) is 0 Å². The normalized spacial score (nSPS) is 10.9. The van der Waals surface area contributed by atoms with Gasteiger partial charge in [0.2, 0.25) is 0 Å². The molecule has 0 atom stereocenters. The number of fused-ring (bicyclic) bond motifs is 1. The number of nitrogens with one attached hydrogen (secondary N) is 1. The van der Waals surface area contributed by atoms with E-state index < -0.39 is 0 Å². The van der Waals surface area contributed by atoms with Crippen LogP contribution >= 0.6 is 11.6 Å². The van der Waals surface area contributed by atoms with Crippen molar-refractivity contribution in [1.29, 1.82) is 0 Å². The highest BCUT2D eigenvalue weighted by Gasteiger charge is 2.12. The zero-order valence-electron chi connectivity index (χ0n) is 17.3. The van der Waals surface area contributed by atoms with E-state index in [0.717, 1.165) is 28.2 Å². The Balaban J connectivity index is 1.43. The smallest absolute Gasteiger partial charge is 0.251 e. The molecule has 0 bridgehead atoms. The third-order valence-electron chi connectivity index (χ3n) is 5.12. The molecule has 0 aliphatic carbocycles. The second-order valence-electron chi connectivity index (χ2n) is 7.30. The third-order valence-corrected chi connectivity index (χ3v) is 5.36.